The Labute approximate surface area is 192 Å². The summed E-state index contributed by atoms with van der Waals surface area (Å²) in [5.41, 5.74) is 1.25. The number of anilines is 1. The third-order valence-electron chi connectivity index (χ3n) is 5.56. The van der Waals surface area contributed by atoms with E-state index in [1.807, 2.05) is 6.20 Å². The molecule has 0 aromatic carbocycles. The summed E-state index contributed by atoms with van der Waals surface area (Å²) < 4.78 is 5.49. The minimum atomic E-state index is 0. The summed E-state index contributed by atoms with van der Waals surface area (Å²) in [5.74, 6) is 1.94. The largest absolute Gasteiger partial charge is 0.379 e. The van der Waals surface area contributed by atoms with E-state index >= 15 is 0 Å². The molecule has 8 heteroatoms. The number of morpholine rings is 1. The zero-order valence-corrected chi connectivity index (χ0v) is 20.4. The van der Waals surface area contributed by atoms with Crippen molar-refractivity contribution < 1.29 is 4.74 Å². The number of hydrogen-bond donors (Lipinski definition) is 2. The molecule has 2 aliphatic rings. The Bertz CT molecular complexity index is 642. The lowest BCUT2D eigenvalue weighted by molar-refractivity contribution is -0.00834. The summed E-state index contributed by atoms with van der Waals surface area (Å²) in [6.45, 7) is 14.8. The van der Waals surface area contributed by atoms with E-state index in [4.69, 9.17) is 9.73 Å². The van der Waals surface area contributed by atoms with E-state index < -0.39 is 0 Å². The maximum absolute atomic E-state index is 5.49. The van der Waals surface area contributed by atoms with Crippen LogP contribution >= 0.6 is 24.0 Å². The highest BCUT2D eigenvalue weighted by atomic mass is 127. The van der Waals surface area contributed by atoms with Crippen LogP contribution in [0.2, 0.25) is 0 Å². The van der Waals surface area contributed by atoms with Gasteiger partial charge in [0.2, 0.25) is 0 Å². The summed E-state index contributed by atoms with van der Waals surface area (Å²) in [6, 6.07) is 4.24. The molecule has 3 rings (SSSR count). The van der Waals surface area contributed by atoms with Crippen molar-refractivity contribution in [3.63, 3.8) is 0 Å². The van der Waals surface area contributed by atoms with E-state index in [1.165, 1.54) is 18.4 Å². The summed E-state index contributed by atoms with van der Waals surface area (Å²) in [5, 5.41) is 6.90. The van der Waals surface area contributed by atoms with Crippen molar-refractivity contribution >= 4 is 35.8 Å². The summed E-state index contributed by atoms with van der Waals surface area (Å²) in [4.78, 5) is 14.2. The molecule has 3 heterocycles. The molecule has 29 heavy (non-hydrogen) atoms. The highest BCUT2D eigenvalue weighted by molar-refractivity contribution is 14.0. The second kappa shape index (κ2) is 11.9. The van der Waals surface area contributed by atoms with Gasteiger partial charge in [-0.25, -0.2) is 9.98 Å². The van der Waals surface area contributed by atoms with Gasteiger partial charge in [-0.3, -0.25) is 4.90 Å². The number of aliphatic imine (C=N–C) groups is 1. The normalized spacial score (nSPS) is 18.4. The predicted octanol–water partition coefficient (Wildman–Crippen LogP) is 2.47. The molecule has 0 amide bonds. The Morgan fingerprint density at radius 1 is 1.17 bits per heavy atom. The van der Waals surface area contributed by atoms with E-state index in [2.05, 4.69) is 58.3 Å². The molecule has 0 spiro atoms. The number of halogens is 1. The number of nitrogens with one attached hydrogen (secondary N) is 2. The van der Waals surface area contributed by atoms with Gasteiger partial charge in [0.15, 0.2) is 5.96 Å². The molecule has 0 unspecified atom stereocenters. The van der Waals surface area contributed by atoms with Gasteiger partial charge in [-0.05, 0) is 51.3 Å². The lowest BCUT2D eigenvalue weighted by atomic mass is 10.0. The van der Waals surface area contributed by atoms with Crippen molar-refractivity contribution in [1.29, 1.82) is 0 Å². The first-order valence-electron chi connectivity index (χ1n) is 10.6. The van der Waals surface area contributed by atoms with Crippen LogP contribution in [0.4, 0.5) is 5.82 Å². The number of hydrogen-bond acceptors (Lipinski definition) is 5. The number of ether oxygens (including phenoxy) is 1. The van der Waals surface area contributed by atoms with Gasteiger partial charge in [0.1, 0.15) is 5.82 Å². The van der Waals surface area contributed by atoms with E-state index in [-0.39, 0.29) is 29.5 Å². The minimum Gasteiger partial charge on any atom is -0.379 e. The summed E-state index contributed by atoms with van der Waals surface area (Å²) in [6.07, 6.45) is 4.43. The van der Waals surface area contributed by atoms with Gasteiger partial charge in [-0.1, -0.05) is 0 Å². The monoisotopic (exact) mass is 516 g/mol. The maximum Gasteiger partial charge on any atom is 0.191 e. The van der Waals surface area contributed by atoms with Gasteiger partial charge in [0, 0.05) is 51.0 Å². The van der Waals surface area contributed by atoms with Crippen LogP contribution < -0.4 is 15.5 Å². The Kier molecular flexibility index (Phi) is 9.91. The number of nitrogens with zero attached hydrogens (tertiary/aromatic N) is 4. The van der Waals surface area contributed by atoms with Crippen LogP contribution in [0.25, 0.3) is 0 Å². The van der Waals surface area contributed by atoms with Gasteiger partial charge in [0.25, 0.3) is 0 Å². The smallest absolute Gasteiger partial charge is 0.191 e. The molecule has 0 saturated carbocycles. The number of aromatic nitrogens is 1. The molecule has 2 N–H and O–H groups in total. The molecule has 0 aliphatic carbocycles. The molecule has 1 aromatic heterocycles. The first-order valence-corrected chi connectivity index (χ1v) is 10.6. The van der Waals surface area contributed by atoms with Gasteiger partial charge in [-0.15, -0.1) is 24.0 Å². The number of rotatable bonds is 7. The fraction of sp³-hybridized carbons (Fsp3) is 0.714. The van der Waals surface area contributed by atoms with Crippen molar-refractivity contribution in [3.8, 4) is 0 Å². The van der Waals surface area contributed by atoms with Crippen LogP contribution in [0.15, 0.2) is 23.3 Å². The molecule has 1 aromatic rings. The molecule has 2 aliphatic heterocycles. The maximum atomic E-state index is 5.49. The topological polar surface area (TPSA) is 65.0 Å². The fourth-order valence-corrected chi connectivity index (χ4v) is 3.77. The van der Waals surface area contributed by atoms with E-state index in [0.29, 0.717) is 6.54 Å². The van der Waals surface area contributed by atoms with Crippen LogP contribution in [0.3, 0.4) is 0 Å². The van der Waals surface area contributed by atoms with Crippen LogP contribution in [0.1, 0.15) is 39.2 Å². The van der Waals surface area contributed by atoms with Crippen molar-refractivity contribution in [2.75, 3.05) is 57.4 Å². The SMILES string of the molecule is CCNC(=NCc1ccnc(N2CCCC2)c1)NCC(C)(C)N1CCOCC1.I. The first-order chi connectivity index (χ1) is 13.6. The third kappa shape index (κ3) is 7.25. The Hall–Kier alpha value is -1.13. The quantitative estimate of drug-likeness (QED) is 0.330. The van der Waals surface area contributed by atoms with Crippen LogP contribution in [0.5, 0.6) is 0 Å². The lowest BCUT2D eigenvalue weighted by Crippen LogP contribution is -2.56. The first kappa shape index (κ1) is 24.1. The molecule has 7 nitrogen and oxygen atoms in total. The van der Waals surface area contributed by atoms with Gasteiger partial charge < -0.3 is 20.3 Å². The molecule has 2 fully saturated rings. The minimum absolute atomic E-state index is 0. The van der Waals surface area contributed by atoms with E-state index in [0.717, 1.165) is 64.3 Å². The molecular formula is C21H37IN6O. The Balaban J connectivity index is 0.00000300. The van der Waals surface area contributed by atoms with Gasteiger partial charge >= 0.3 is 0 Å². The fourth-order valence-electron chi connectivity index (χ4n) is 3.77. The molecule has 2 saturated heterocycles. The van der Waals surface area contributed by atoms with Crippen molar-refractivity contribution in [1.82, 2.24) is 20.5 Å². The van der Waals surface area contributed by atoms with Gasteiger partial charge in [-0.2, -0.15) is 0 Å². The molecule has 0 bridgehead atoms. The van der Waals surface area contributed by atoms with E-state index in [1.54, 1.807) is 0 Å². The standard InChI is InChI=1S/C21H36N6O.HI/c1-4-22-20(25-17-21(2,3)27-11-13-28-14-12-27)24-16-18-7-8-23-19(15-18)26-9-5-6-10-26;/h7-8,15H,4-6,9-14,16-17H2,1-3H3,(H2,22,24,25);1H. The predicted molar refractivity (Wildman–Crippen MR) is 130 cm³/mol. The van der Waals surface area contributed by atoms with Crippen molar-refractivity contribution in [3.05, 3.63) is 23.9 Å². The molecular weight excluding hydrogens is 479 g/mol. The summed E-state index contributed by atoms with van der Waals surface area (Å²) in [7, 11) is 0. The van der Waals surface area contributed by atoms with Crippen LogP contribution in [-0.2, 0) is 11.3 Å². The highest BCUT2D eigenvalue weighted by Crippen LogP contribution is 2.19. The van der Waals surface area contributed by atoms with E-state index in [9.17, 15) is 0 Å². The Morgan fingerprint density at radius 3 is 2.59 bits per heavy atom. The second-order valence-electron chi connectivity index (χ2n) is 8.18. The Morgan fingerprint density at radius 2 is 1.90 bits per heavy atom. The third-order valence-corrected chi connectivity index (χ3v) is 5.56. The second-order valence-corrected chi connectivity index (χ2v) is 8.18. The number of pyridine rings is 1. The average Bonchev–Trinajstić information content (AvgIpc) is 3.26. The van der Waals surface area contributed by atoms with Gasteiger partial charge in [0.05, 0.1) is 19.8 Å². The molecule has 0 atom stereocenters. The lowest BCUT2D eigenvalue weighted by Gasteiger charge is -2.41. The zero-order valence-electron chi connectivity index (χ0n) is 18.1. The average molecular weight is 516 g/mol. The zero-order chi connectivity index (χ0) is 19.8. The van der Waals surface area contributed by atoms with Crippen LogP contribution in [0, 0.1) is 0 Å². The highest BCUT2D eigenvalue weighted by Gasteiger charge is 2.28. The molecule has 164 valence electrons. The van der Waals surface area contributed by atoms with Crippen molar-refractivity contribution in [2.24, 2.45) is 4.99 Å². The number of guanidine groups is 1. The van der Waals surface area contributed by atoms with Crippen LogP contribution in [-0.4, -0.2) is 73.9 Å². The summed E-state index contributed by atoms with van der Waals surface area (Å²) >= 11 is 0. The molecule has 0 radical (unpaired) electrons. The van der Waals surface area contributed by atoms with Crippen molar-refractivity contribution in [2.45, 2.75) is 45.7 Å².